The maximum absolute atomic E-state index is 2.41. The summed E-state index contributed by atoms with van der Waals surface area (Å²) in [4.78, 5) is 0. The third kappa shape index (κ3) is 3.38. The topological polar surface area (TPSA) is 0 Å². The highest BCUT2D eigenvalue weighted by molar-refractivity contribution is 5.95. The van der Waals surface area contributed by atoms with Crippen molar-refractivity contribution in [1.29, 1.82) is 0 Å². The molecule has 0 N–H and O–H groups in total. The molecule has 8 rings (SSSR count). The minimum absolute atomic E-state index is 0.199. The van der Waals surface area contributed by atoms with Crippen molar-refractivity contribution in [2.75, 3.05) is 0 Å². The first-order valence-corrected chi connectivity index (χ1v) is 13.9. The van der Waals surface area contributed by atoms with Crippen LogP contribution in [0.25, 0.3) is 33.0 Å². The molecule has 6 aromatic carbocycles. The SMILES string of the molecule is Cc1ccc(C)c2ccccc12.Cc1ccc2c(c1)C1(c3ccccc3-c3ccccc31)c1cc(C)ccc1-2. The summed E-state index contributed by atoms with van der Waals surface area (Å²) in [5.74, 6) is 0. The Morgan fingerprint density at radius 3 is 1.21 bits per heavy atom. The van der Waals surface area contributed by atoms with Gasteiger partial charge in [0.1, 0.15) is 0 Å². The molecule has 0 fully saturated rings. The standard InChI is InChI=1S/C27H20.C12H12/c1-17-11-13-21-22-14-12-18(2)16-26(22)27(25(21)15-17)23-9-5-3-7-19(23)20-8-4-6-10-24(20)27;1-9-7-8-10(2)12-6-4-3-5-11(9)12/h3-16H,1-2H3;3-8H,1-2H3. The first-order chi connectivity index (χ1) is 19.0. The van der Waals surface area contributed by atoms with Gasteiger partial charge in [-0.3, -0.25) is 0 Å². The summed E-state index contributed by atoms with van der Waals surface area (Å²) in [5.41, 5.74) is 16.3. The van der Waals surface area contributed by atoms with Crippen molar-refractivity contribution in [3.05, 3.63) is 166 Å². The van der Waals surface area contributed by atoms with E-state index in [-0.39, 0.29) is 5.41 Å². The van der Waals surface area contributed by atoms with Crippen LogP contribution in [0.3, 0.4) is 0 Å². The summed E-state index contributed by atoms with van der Waals surface area (Å²) in [7, 11) is 0. The molecule has 6 aromatic rings. The van der Waals surface area contributed by atoms with Crippen LogP contribution >= 0.6 is 0 Å². The molecule has 0 unspecified atom stereocenters. The number of hydrogen-bond acceptors (Lipinski definition) is 0. The molecule has 2 aliphatic rings. The second kappa shape index (κ2) is 8.82. The lowest BCUT2D eigenvalue weighted by Gasteiger charge is -2.30. The van der Waals surface area contributed by atoms with Crippen LogP contribution in [-0.4, -0.2) is 0 Å². The van der Waals surface area contributed by atoms with E-state index in [1.165, 1.54) is 77.5 Å². The summed E-state index contributed by atoms with van der Waals surface area (Å²) < 4.78 is 0. The van der Waals surface area contributed by atoms with Crippen molar-refractivity contribution < 1.29 is 0 Å². The molecule has 0 heteroatoms. The lowest BCUT2D eigenvalue weighted by Crippen LogP contribution is -2.26. The van der Waals surface area contributed by atoms with E-state index in [0.29, 0.717) is 0 Å². The normalized spacial score (nSPS) is 13.3. The Morgan fingerprint density at radius 1 is 0.359 bits per heavy atom. The van der Waals surface area contributed by atoms with Crippen LogP contribution < -0.4 is 0 Å². The van der Waals surface area contributed by atoms with Gasteiger partial charge < -0.3 is 0 Å². The second-order valence-electron chi connectivity index (χ2n) is 11.2. The Balaban J connectivity index is 0.000000177. The number of aryl methyl sites for hydroxylation is 4. The van der Waals surface area contributed by atoms with Gasteiger partial charge in [-0.2, -0.15) is 0 Å². The van der Waals surface area contributed by atoms with Gasteiger partial charge in [0.25, 0.3) is 0 Å². The Hall–Kier alpha value is -4.42. The van der Waals surface area contributed by atoms with Crippen LogP contribution in [-0.2, 0) is 5.41 Å². The molecule has 0 saturated carbocycles. The summed E-state index contributed by atoms with van der Waals surface area (Å²) in [6.07, 6.45) is 0. The molecule has 0 amide bonds. The molecule has 0 radical (unpaired) electrons. The number of rotatable bonds is 0. The van der Waals surface area contributed by atoms with Crippen LogP contribution in [0.5, 0.6) is 0 Å². The van der Waals surface area contributed by atoms with Crippen LogP contribution in [0.2, 0.25) is 0 Å². The van der Waals surface area contributed by atoms with Gasteiger partial charge in [0.15, 0.2) is 0 Å². The molecule has 0 bridgehead atoms. The number of fused-ring (bicyclic) bond motifs is 11. The van der Waals surface area contributed by atoms with E-state index in [4.69, 9.17) is 0 Å². The van der Waals surface area contributed by atoms with Crippen molar-refractivity contribution in [1.82, 2.24) is 0 Å². The first-order valence-electron chi connectivity index (χ1n) is 13.9. The molecular formula is C39H32. The Morgan fingerprint density at radius 2 is 0.744 bits per heavy atom. The minimum atomic E-state index is -0.199. The monoisotopic (exact) mass is 500 g/mol. The van der Waals surface area contributed by atoms with Gasteiger partial charge in [-0.15, -0.1) is 0 Å². The fourth-order valence-corrected chi connectivity index (χ4v) is 6.97. The molecule has 0 aromatic heterocycles. The van der Waals surface area contributed by atoms with Gasteiger partial charge in [-0.25, -0.2) is 0 Å². The first kappa shape index (κ1) is 23.7. The van der Waals surface area contributed by atoms with E-state index in [1.807, 2.05) is 0 Å². The van der Waals surface area contributed by atoms with Crippen LogP contribution in [0, 0.1) is 27.7 Å². The third-order valence-corrected chi connectivity index (χ3v) is 8.76. The molecule has 0 nitrogen and oxygen atoms in total. The van der Waals surface area contributed by atoms with Crippen molar-refractivity contribution >= 4 is 10.8 Å². The zero-order chi connectivity index (χ0) is 26.7. The van der Waals surface area contributed by atoms with Gasteiger partial charge in [-0.05, 0) is 94.1 Å². The lowest BCUT2D eigenvalue weighted by molar-refractivity contribution is 0.791. The van der Waals surface area contributed by atoms with Crippen molar-refractivity contribution in [3.63, 3.8) is 0 Å². The van der Waals surface area contributed by atoms with E-state index < -0.39 is 0 Å². The molecule has 0 saturated heterocycles. The van der Waals surface area contributed by atoms with E-state index in [2.05, 4.69) is 149 Å². The average Bonchev–Trinajstić information content (AvgIpc) is 3.42. The summed E-state index contributed by atoms with van der Waals surface area (Å²) in [6, 6.07) is 44.8. The maximum atomic E-state index is 2.41. The molecule has 188 valence electrons. The van der Waals surface area contributed by atoms with Crippen molar-refractivity contribution in [3.8, 4) is 22.3 Å². The average molecular weight is 501 g/mol. The van der Waals surface area contributed by atoms with Gasteiger partial charge in [-0.1, -0.05) is 132 Å². The Kier molecular flexibility index (Phi) is 5.35. The maximum Gasteiger partial charge on any atom is 0.0725 e. The quantitative estimate of drug-likeness (QED) is 0.194. The summed E-state index contributed by atoms with van der Waals surface area (Å²) >= 11 is 0. The molecule has 0 aliphatic heterocycles. The highest BCUT2D eigenvalue weighted by Crippen LogP contribution is 2.62. The zero-order valence-corrected chi connectivity index (χ0v) is 23.0. The van der Waals surface area contributed by atoms with E-state index in [0.717, 1.165) is 0 Å². The Labute approximate surface area is 231 Å². The van der Waals surface area contributed by atoms with Gasteiger partial charge in [0.05, 0.1) is 5.41 Å². The molecule has 0 atom stereocenters. The van der Waals surface area contributed by atoms with Crippen molar-refractivity contribution in [2.24, 2.45) is 0 Å². The number of benzene rings is 6. The second-order valence-corrected chi connectivity index (χ2v) is 11.2. The van der Waals surface area contributed by atoms with Crippen LogP contribution in [0.4, 0.5) is 0 Å². The Bertz CT molecular complexity index is 1760. The summed E-state index contributed by atoms with van der Waals surface area (Å²) in [5, 5.41) is 2.75. The zero-order valence-electron chi connectivity index (χ0n) is 23.0. The van der Waals surface area contributed by atoms with Gasteiger partial charge in [0.2, 0.25) is 0 Å². The van der Waals surface area contributed by atoms with E-state index in [9.17, 15) is 0 Å². The van der Waals surface area contributed by atoms with Crippen LogP contribution in [0.1, 0.15) is 44.5 Å². The molecule has 39 heavy (non-hydrogen) atoms. The minimum Gasteiger partial charge on any atom is -0.0619 e. The smallest absolute Gasteiger partial charge is 0.0619 e. The lowest BCUT2D eigenvalue weighted by atomic mass is 9.70. The predicted molar refractivity (Wildman–Crippen MR) is 166 cm³/mol. The van der Waals surface area contributed by atoms with Crippen LogP contribution in [0.15, 0.2) is 121 Å². The van der Waals surface area contributed by atoms with E-state index in [1.54, 1.807) is 0 Å². The summed E-state index contributed by atoms with van der Waals surface area (Å²) in [6.45, 7) is 8.72. The highest BCUT2D eigenvalue weighted by atomic mass is 14.5. The molecule has 1 spiro atoms. The predicted octanol–water partition coefficient (Wildman–Crippen LogP) is 10.1. The molecular weight excluding hydrogens is 468 g/mol. The number of hydrogen-bond donors (Lipinski definition) is 0. The highest BCUT2D eigenvalue weighted by Gasteiger charge is 2.51. The molecule has 0 heterocycles. The largest absolute Gasteiger partial charge is 0.0725 e. The van der Waals surface area contributed by atoms with E-state index >= 15 is 0 Å². The third-order valence-electron chi connectivity index (χ3n) is 8.76. The van der Waals surface area contributed by atoms with Crippen molar-refractivity contribution in [2.45, 2.75) is 33.1 Å². The fourth-order valence-electron chi connectivity index (χ4n) is 6.97. The molecule has 2 aliphatic carbocycles. The van der Waals surface area contributed by atoms with Gasteiger partial charge in [0, 0.05) is 0 Å². The fraction of sp³-hybridized carbons (Fsp3) is 0.128. The van der Waals surface area contributed by atoms with Gasteiger partial charge >= 0.3 is 0 Å².